The highest BCUT2D eigenvalue weighted by Gasteiger charge is 2.23. The zero-order valence-electron chi connectivity index (χ0n) is 13.4. The van der Waals surface area contributed by atoms with Gasteiger partial charge in [-0.2, -0.15) is 0 Å². The lowest BCUT2D eigenvalue weighted by molar-refractivity contribution is 0.376. The quantitative estimate of drug-likeness (QED) is 0.922. The third kappa shape index (κ3) is 3.23. The van der Waals surface area contributed by atoms with E-state index < -0.39 is 0 Å². The molecule has 3 nitrogen and oxygen atoms in total. The molecule has 1 aromatic heterocycles. The summed E-state index contributed by atoms with van der Waals surface area (Å²) in [5.41, 5.74) is 10.0. The topological polar surface area (TPSA) is 42.2 Å². The molecule has 2 N–H and O–H groups in total. The van der Waals surface area contributed by atoms with Gasteiger partial charge in [0, 0.05) is 30.9 Å². The Morgan fingerprint density at radius 1 is 1.24 bits per heavy atom. The number of pyridine rings is 1. The summed E-state index contributed by atoms with van der Waals surface area (Å²) in [6.45, 7) is 5.22. The van der Waals surface area contributed by atoms with E-state index in [1.54, 1.807) is 0 Å². The Labute approximate surface area is 128 Å². The van der Waals surface area contributed by atoms with E-state index in [-0.39, 0.29) is 0 Å². The van der Waals surface area contributed by atoms with E-state index in [1.807, 2.05) is 0 Å². The standard InChI is InChI=1S/C18H29N3/c1-2-5-14-8-10-21(11-9-14)18-16(13-19)12-15-6-3-4-7-17(15)20-18/h12,14H,2-11,13,19H2,1H3. The summed E-state index contributed by atoms with van der Waals surface area (Å²) in [5.74, 6) is 2.11. The van der Waals surface area contributed by atoms with Crippen LogP contribution in [0.4, 0.5) is 5.82 Å². The minimum absolute atomic E-state index is 0.616. The van der Waals surface area contributed by atoms with E-state index in [2.05, 4.69) is 17.9 Å². The van der Waals surface area contributed by atoms with Gasteiger partial charge in [-0.3, -0.25) is 0 Å². The summed E-state index contributed by atoms with van der Waals surface area (Å²) in [6, 6.07) is 2.34. The molecule has 1 aliphatic heterocycles. The second-order valence-electron chi connectivity index (χ2n) is 6.71. The van der Waals surface area contributed by atoms with Gasteiger partial charge in [0.05, 0.1) is 0 Å². The van der Waals surface area contributed by atoms with Crippen LogP contribution in [-0.2, 0) is 19.4 Å². The highest BCUT2D eigenvalue weighted by atomic mass is 15.2. The van der Waals surface area contributed by atoms with Gasteiger partial charge in [-0.1, -0.05) is 19.8 Å². The first-order valence-corrected chi connectivity index (χ1v) is 8.78. The zero-order chi connectivity index (χ0) is 14.7. The third-order valence-electron chi connectivity index (χ3n) is 5.19. The van der Waals surface area contributed by atoms with E-state index in [9.17, 15) is 0 Å². The van der Waals surface area contributed by atoms with Crippen molar-refractivity contribution >= 4 is 5.82 Å². The molecule has 116 valence electrons. The van der Waals surface area contributed by atoms with Crippen LogP contribution in [0.1, 0.15) is 62.3 Å². The highest BCUT2D eigenvalue weighted by Crippen LogP contribution is 2.30. The zero-order valence-corrected chi connectivity index (χ0v) is 13.4. The molecule has 0 aromatic carbocycles. The Kier molecular flexibility index (Phi) is 4.79. The van der Waals surface area contributed by atoms with Crippen LogP contribution in [0.5, 0.6) is 0 Å². The van der Waals surface area contributed by atoms with Gasteiger partial charge in [-0.15, -0.1) is 0 Å². The molecule has 0 saturated carbocycles. The van der Waals surface area contributed by atoms with Crippen molar-refractivity contribution in [3.8, 4) is 0 Å². The van der Waals surface area contributed by atoms with E-state index >= 15 is 0 Å². The average molecular weight is 287 g/mol. The summed E-state index contributed by atoms with van der Waals surface area (Å²) < 4.78 is 0. The normalized spacial score (nSPS) is 19.6. The number of nitrogens with two attached hydrogens (primary N) is 1. The van der Waals surface area contributed by atoms with E-state index in [0.717, 1.165) is 25.4 Å². The monoisotopic (exact) mass is 287 g/mol. The molecule has 0 spiro atoms. The smallest absolute Gasteiger partial charge is 0.133 e. The van der Waals surface area contributed by atoms with Crippen LogP contribution in [0.2, 0.25) is 0 Å². The van der Waals surface area contributed by atoms with Crippen molar-refractivity contribution in [2.45, 2.75) is 64.8 Å². The Morgan fingerprint density at radius 3 is 2.71 bits per heavy atom. The molecule has 0 bridgehead atoms. The van der Waals surface area contributed by atoms with Gasteiger partial charge >= 0.3 is 0 Å². The van der Waals surface area contributed by atoms with Gasteiger partial charge in [0.15, 0.2) is 0 Å². The molecule has 1 aromatic rings. The van der Waals surface area contributed by atoms with Crippen LogP contribution in [0, 0.1) is 5.92 Å². The Balaban J connectivity index is 1.78. The van der Waals surface area contributed by atoms with Gasteiger partial charge in [0.1, 0.15) is 5.82 Å². The molecule has 1 saturated heterocycles. The van der Waals surface area contributed by atoms with Crippen molar-refractivity contribution in [2.75, 3.05) is 18.0 Å². The van der Waals surface area contributed by atoms with Crippen LogP contribution < -0.4 is 10.6 Å². The second kappa shape index (κ2) is 6.78. The summed E-state index contributed by atoms with van der Waals surface area (Å²) in [5, 5.41) is 0. The first-order chi connectivity index (χ1) is 10.3. The molecule has 21 heavy (non-hydrogen) atoms. The number of fused-ring (bicyclic) bond motifs is 1. The Hall–Kier alpha value is -1.09. The summed E-state index contributed by atoms with van der Waals surface area (Å²) >= 11 is 0. The van der Waals surface area contributed by atoms with Crippen LogP contribution >= 0.6 is 0 Å². The van der Waals surface area contributed by atoms with Crippen molar-refractivity contribution in [1.82, 2.24) is 4.98 Å². The van der Waals surface area contributed by atoms with Crippen LogP contribution in [0.25, 0.3) is 0 Å². The highest BCUT2D eigenvalue weighted by molar-refractivity contribution is 5.51. The van der Waals surface area contributed by atoms with E-state index in [4.69, 9.17) is 10.7 Å². The van der Waals surface area contributed by atoms with Gasteiger partial charge in [0.25, 0.3) is 0 Å². The first-order valence-electron chi connectivity index (χ1n) is 8.78. The van der Waals surface area contributed by atoms with Crippen LogP contribution in [0.15, 0.2) is 6.07 Å². The maximum Gasteiger partial charge on any atom is 0.133 e. The third-order valence-corrected chi connectivity index (χ3v) is 5.19. The number of rotatable bonds is 4. The predicted octanol–water partition coefficient (Wildman–Crippen LogP) is 3.44. The first kappa shape index (κ1) is 14.8. The van der Waals surface area contributed by atoms with Crippen molar-refractivity contribution in [3.05, 3.63) is 22.9 Å². The number of hydrogen-bond donors (Lipinski definition) is 1. The van der Waals surface area contributed by atoms with Crippen molar-refractivity contribution < 1.29 is 0 Å². The number of hydrogen-bond acceptors (Lipinski definition) is 3. The number of aryl methyl sites for hydroxylation is 2. The van der Waals surface area contributed by atoms with Gasteiger partial charge in [0.2, 0.25) is 0 Å². The molecule has 3 heteroatoms. The molecule has 0 amide bonds. The lowest BCUT2D eigenvalue weighted by Crippen LogP contribution is -2.35. The molecule has 0 atom stereocenters. The molecule has 0 unspecified atom stereocenters. The fourth-order valence-corrected chi connectivity index (χ4v) is 3.94. The number of piperidine rings is 1. The average Bonchev–Trinajstić information content (AvgIpc) is 2.54. The van der Waals surface area contributed by atoms with Gasteiger partial charge in [-0.25, -0.2) is 4.98 Å². The molecule has 3 rings (SSSR count). The Morgan fingerprint density at radius 2 is 2.00 bits per heavy atom. The lowest BCUT2D eigenvalue weighted by atomic mass is 9.91. The molecule has 2 heterocycles. The van der Waals surface area contributed by atoms with Crippen molar-refractivity contribution in [3.63, 3.8) is 0 Å². The fraction of sp³-hybridized carbons (Fsp3) is 0.722. The summed E-state index contributed by atoms with van der Waals surface area (Å²) in [6.07, 6.45) is 10.3. The van der Waals surface area contributed by atoms with E-state index in [1.165, 1.54) is 67.6 Å². The minimum Gasteiger partial charge on any atom is -0.356 e. The van der Waals surface area contributed by atoms with Crippen molar-refractivity contribution in [2.24, 2.45) is 11.7 Å². The molecule has 0 radical (unpaired) electrons. The van der Waals surface area contributed by atoms with E-state index in [0.29, 0.717) is 6.54 Å². The summed E-state index contributed by atoms with van der Waals surface area (Å²) in [4.78, 5) is 7.51. The van der Waals surface area contributed by atoms with Crippen LogP contribution in [0.3, 0.4) is 0 Å². The fourth-order valence-electron chi connectivity index (χ4n) is 3.94. The number of nitrogens with zero attached hydrogens (tertiary/aromatic N) is 2. The predicted molar refractivity (Wildman–Crippen MR) is 88.6 cm³/mol. The maximum absolute atomic E-state index is 6.00. The molecular weight excluding hydrogens is 258 g/mol. The molecule has 1 aliphatic carbocycles. The number of anilines is 1. The minimum atomic E-state index is 0.616. The SMILES string of the molecule is CCCC1CCN(c2nc3c(cc2CN)CCCC3)CC1. The molecular formula is C18H29N3. The lowest BCUT2D eigenvalue weighted by Gasteiger charge is -2.34. The largest absolute Gasteiger partial charge is 0.356 e. The maximum atomic E-state index is 6.00. The molecule has 2 aliphatic rings. The second-order valence-corrected chi connectivity index (χ2v) is 6.71. The van der Waals surface area contributed by atoms with Crippen molar-refractivity contribution in [1.29, 1.82) is 0 Å². The van der Waals surface area contributed by atoms with Gasteiger partial charge < -0.3 is 10.6 Å². The number of aromatic nitrogens is 1. The summed E-state index contributed by atoms with van der Waals surface area (Å²) in [7, 11) is 0. The Bertz CT molecular complexity index is 476. The van der Waals surface area contributed by atoms with Crippen LogP contribution in [-0.4, -0.2) is 18.1 Å². The van der Waals surface area contributed by atoms with Gasteiger partial charge in [-0.05, 0) is 56.1 Å². The molecule has 1 fully saturated rings.